The van der Waals surface area contributed by atoms with Gasteiger partial charge in [0.05, 0.1) is 11.5 Å². The predicted molar refractivity (Wildman–Crippen MR) is 67.1 cm³/mol. The molecule has 0 aromatic rings. The molecule has 1 fully saturated rings. The molecule has 1 N–H and O–H groups in total. The molecule has 1 aliphatic rings. The standard InChI is InChI=1S/C13H25NO3/c1-5-13(6-2,12(15)16)9-14(4)11-7-8-17-10(11)3/h10-11H,5-9H2,1-4H3,(H,15,16). The number of ether oxygens (including phenoxy) is 1. The molecule has 17 heavy (non-hydrogen) atoms. The summed E-state index contributed by atoms with van der Waals surface area (Å²) in [5.74, 6) is -0.680. The number of likely N-dealkylation sites (N-methyl/N-ethyl adjacent to an activating group) is 1. The van der Waals surface area contributed by atoms with Crippen molar-refractivity contribution < 1.29 is 14.6 Å². The van der Waals surface area contributed by atoms with Gasteiger partial charge in [-0.05, 0) is 33.2 Å². The van der Waals surface area contributed by atoms with Gasteiger partial charge in [-0.25, -0.2) is 0 Å². The number of nitrogens with zero attached hydrogens (tertiary/aromatic N) is 1. The average molecular weight is 243 g/mol. The van der Waals surface area contributed by atoms with Gasteiger partial charge >= 0.3 is 5.97 Å². The summed E-state index contributed by atoms with van der Waals surface area (Å²) in [7, 11) is 2.01. The van der Waals surface area contributed by atoms with Crippen molar-refractivity contribution in [2.45, 2.75) is 52.2 Å². The number of hydrogen-bond donors (Lipinski definition) is 1. The van der Waals surface area contributed by atoms with Crippen LogP contribution in [0.25, 0.3) is 0 Å². The summed E-state index contributed by atoms with van der Waals surface area (Å²) >= 11 is 0. The maximum absolute atomic E-state index is 11.5. The molecule has 1 heterocycles. The van der Waals surface area contributed by atoms with Crippen LogP contribution in [0.3, 0.4) is 0 Å². The second-order valence-corrected chi connectivity index (χ2v) is 5.14. The van der Waals surface area contributed by atoms with Crippen LogP contribution in [0.5, 0.6) is 0 Å². The van der Waals surface area contributed by atoms with E-state index in [-0.39, 0.29) is 6.10 Å². The Morgan fingerprint density at radius 3 is 2.41 bits per heavy atom. The van der Waals surface area contributed by atoms with Crippen molar-refractivity contribution in [1.29, 1.82) is 0 Å². The monoisotopic (exact) mass is 243 g/mol. The number of carbonyl (C=O) groups is 1. The van der Waals surface area contributed by atoms with Crippen molar-refractivity contribution in [3.63, 3.8) is 0 Å². The first-order valence-electron chi connectivity index (χ1n) is 6.52. The molecule has 1 rings (SSSR count). The smallest absolute Gasteiger partial charge is 0.310 e. The molecule has 0 aromatic heterocycles. The third-order valence-electron chi connectivity index (χ3n) is 4.26. The van der Waals surface area contributed by atoms with E-state index in [1.807, 2.05) is 20.9 Å². The van der Waals surface area contributed by atoms with Crippen molar-refractivity contribution >= 4 is 5.97 Å². The highest BCUT2D eigenvalue weighted by Crippen LogP contribution is 2.30. The zero-order valence-electron chi connectivity index (χ0n) is 11.4. The minimum atomic E-state index is -0.680. The van der Waals surface area contributed by atoms with Gasteiger partial charge in [-0.15, -0.1) is 0 Å². The Balaban J connectivity index is 2.70. The molecule has 0 bridgehead atoms. The minimum Gasteiger partial charge on any atom is -0.481 e. The SMILES string of the molecule is CCC(CC)(CN(C)C1CCOC1C)C(=O)O. The van der Waals surface area contributed by atoms with Gasteiger partial charge in [0.2, 0.25) is 0 Å². The highest BCUT2D eigenvalue weighted by molar-refractivity contribution is 5.74. The molecule has 0 aliphatic carbocycles. The lowest BCUT2D eigenvalue weighted by Gasteiger charge is -2.35. The van der Waals surface area contributed by atoms with Crippen LogP contribution in [-0.4, -0.2) is 48.3 Å². The Labute approximate surface area is 104 Å². The van der Waals surface area contributed by atoms with Gasteiger partial charge in [-0.2, -0.15) is 0 Å². The molecule has 0 radical (unpaired) electrons. The zero-order valence-corrected chi connectivity index (χ0v) is 11.4. The minimum absolute atomic E-state index is 0.209. The molecule has 1 aliphatic heterocycles. The first-order chi connectivity index (χ1) is 7.96. The number of carboxylic acids is 1. The van der Waals surface area contributed by atoms with E-state index in [2.05, 4.69) is 11.8 Å². The maximum atomic E-state index is 11.5. The van der Waals surface area contributed by atoms with Gasteiger partial charge < -0.3 is 9.84 Å². The summed E-state index contributed by atoms with van der Waals surface area (Å²) in [6.07, 6.45) is 2.55. The van der Waals surface area contributed by atoms with Crippen LogP contribution >= 0.6 is 0 Å². The van der Waals surface area contributed by atoms with Crippen molar-refractivity contribution in [1.82, 2.24) is 4.90 Å². The van der Waals surface area contributed by atoms with E-state index in [4.69, 9.17) is 4.74 Å². The van der Waals surface area contributed by atoms with E-state index in [9.17, 15) is 9.90 Å². The highest BCUT2D eigenvalue weighted by atomic mass is 16.5. The summed E-state index contributed by atoms with van der Waals surface area (Å²) in [5, 5.41) is 9.42. The van der Waals surface area contributed by atoms with Gasteiger partial charge in [0.1, 0.15) is 0 Å². The summed E-state index contributed by atoms with van der Waals surface area (Å²) in [6.45, 7) is 7.37. The quantitative estimate of drug-likeness (QED) is 0.775. The van der Waals surface area contributed by atoms with E-state index >= 15 is 0 Å². The fourth-order valence-corrected chi connectivity index (χ4v) is 2.74. The topological polar surface area (TPSA) is 49.8 Å². The third-order valence-corrected chi connectivity index (χ3v) is 4.26. The van der Waals surface area contributed by atoms with Crippen LogP contribution in [0.4, 0.5) is 0 Å². The Hall–Kier alpha value is -0.610. The molecular weight excluding hydrogens is 218 g/mol. The second-order valence-electron chi connectivity index (χ2n) is 5.14. The first-order valence-corrected chi connectivity index (χ1v) is 6.52. The normalized spacial score (nSPS) is 25.5. The maximum Gasteiger partial charge on any atom is 0.310 e. The van der Waals surface area contributed by atoms with Gasteiger partial charge in [-0.1, -0.05) is 13.8 Å². The molecule has 0 aromatic carbocycles. The molecule has 1 saturated heterocycles. The number of carboxylic acid groups (broad SMARTS) is 1. The van der Waals surface area contributed by atoms with Crippen molar-refractivity contribution in [2.75, 3.05) is 20.2 Å². The van der Waals surface area contributed by atoms with E-state index in [1.54, 1.807) is 0 Å². The third kappa shape index (κ3) is 2.99. The Kier molecular flexibility index (Phi) is 4.95. The van der Waals surface area contributed by atoms with Crippen LogP contribution in [-0.2, 0) is 9.53 Å². The lowest BCUT2D eigenvalue weighted by Crippen LogP contribution is -2.46. The zero-order chi connectivity index (χ0) is 13.1. The molecule has 0 saturated carbocycles. The van der Waals surface area contributed by atoms with Crippen LogP contribution in [0.2, 0.25) is 0 Å². The number of aliphatic carboxylic acids is 1. The van der Waals surface area contributed by atoms with Crippen molar-refractivity contribution in [2.24, 2.45) is 5.41 Å². The average Bonchev–Trinajstić information content (AvgIpc) is 2.72. The summed E-state index contributed by atoms with van der Waals surface area (Å²) in [6, 6.07) is 0.354. The molecule has 4 heteroatoms. The lowest BCUT2D eigenvalue weighted by atomic mass is 9.81. The Morgan fingerprint density at radius 2 is 2.06 bits per heavy atom. The summed E-state index contributed by atoms with van der Waals surface area (Å²) in [5.41, 5.74) is -0.614. The van der Waals surface area contributed by atoms with Gasteiger partial charge in [0.15, 0.2) is 0 Å². The lowest BCUT2D eigenvalue weighted by molar-refractivity contribution is -0.151. The molecule has 0 spiro atoms. The van der Waals surface area contributed by atoms with E-state index in [0.29, 0.717) is 25.4 Å². The summed E-state index contributed by atoms with van der Waals surface area (Å²) in [4.78, 5) is 13.6. The van der Waals surface area contributed by atoms with Crippen molar-refractivity contribution in [3.8, 4) is 0 Å². The number of hydrogen-bond acceptors (Lipinski definition) is 3. The summed E-state index contributed by atoms with van der Waals surface area (Å²) < 4.78 is 5.54. The molecule has 4 nitrogen and oxygen atoms in total. The van der Waals surface area contributed by atoms with Gasteiger partial charge in [0, 0.05) is 19.2 Å². The Morgan fingerprint density at radius 1 is 1.47 bits per heavy atom. The molecule has 2 unspecified atom stereocenters. The first kappa shape index (κ1) is 14.5. The van der Waals surface area contributed by atoms with Crippen LogP contribution < -0.4 is 0 Å². The van der Waals surface area contributed by atoms with E-state index in [1.165, 1.54) is 0 Å². The van der Waals surface area contributed by atoms with E-state index < -0.39 is 11.4 Å². The fraction of sp³-hybridized carbons (Fsp3) is 0.923. The van der Waals surface area contributed by atoms with Crippen LogP contribution in [0, 0.1) is 5.41 Å². The van der Waals surface area contributed by atoms with Crippen LogP contribution in [0.1, 0.15) is 40.0 Å². The molecule has 100 valence electrons. The van der Waals surface area contributed by atoms with Gasteiger partial charge in [-0.3, -0.25) is 9.69 Å². The van der Waals surface area contributed by atoms with Crippen molar-refractivity contribution in [3.05, 3.63) is 0 Å². The molecule has 2 atom stereocenters. The number of rotatable bonds is 6. The van der Waals surface area contributed by atoms with Gasteiger partial charge in [0.25, 0.3) is 0 Å². The largest absolute Gasteiger partial charge is 0.481 e. The predicted octanol–water partition coefficient (Wildman–Crippen LogP) is 1.99. The Bertz CT molecular complexity index is 263. The molecule has 0 amide bonds. The molecular formula is C13H25NO3. The van der Waals surface area contributed by atoms with E-state index in [0.717, 1.165) is 13.0 Å². The van der Waals surface area contributed by atoms with Crippen LogP contribution in [0.15, 0.2) is 0 Å². The highest BCUT2D eigenvalue weighted by Gasteiger charge is 2.39. The second kappa shape index (κ2) is 5.83. The fourth-order valence-electron chi connectivity index (χ4n) is 2.74.